The minimum absolute atomic E-state index is 0.268. The summed E-state index contributed by atoms with van der Waals surface area (Å²) in [6.45, 7) is 0. The molecule has 92 valence electrons. The van der Waals surface area contributed by atoms with Crippen molar-refractivity contribution in [2.75, 3.05) is 7.11 Å². The fourth-order valence-corrected chi connectivity index (χ4v) is 2.07. The maximum absolute atomic E-state index is 9.14. The van der Waals surface area contributed by atoms with Crippen LogP contribution in [0.4, 0.5) is 0 Å². The van der Waals surface area contributed by atoms with Gasteiger partial charge >= 0.3 is 0 Å². The van der Waals surface area contributed by atoms with Crippen LogP contribution in [0.2, 0.25) is 0 Å². The number of rotatable bonds is 3. The van der Waals surface area contributed by atoms with Gasteiger partial charge < -0.3 is 9.26 Å². The van der Waals surface area contributed by atoms with Crippen molar-refractivity contribution >= 4 is 26.1 Å². The summed E-state index contributed by atoms with van der Waals surface area (Å²) in [5.41, 5.74) is 1.77. The molecule has 6 heteroatoms. The van der Waals surface area contributed by atoms with Gasteiger partial charge in [-0.15, -0.1) is 20.8 Å². The molecule has 1 atom stereocenters. The Balaban J connectivity index is 2.58. The fraction of sp³-hybridized carbons (Fsp3) is 0.167. The largest absolute Gasteiger partial charge is 0.496 e. The molecule has 0 radical (unpaired) electrons. The quantitative estimate of drug-likeness (QED) is 0.640. The number of alkyl halides is 1. The molecular weight excluding hydrogens is 271 g/mol. The number of methoxy groups -OCH3 is 1. The first-order valence-corrected chi connectivity index (χ1v) is 6.20. The Kier molecular flexibility index (Phi) is 3.86. The van der Waals surface area contributed by atoms with E-state index >= 15 is 0 Å². The molecule has 0 amide bonds. The minimum Gasteiger partial charge on any atom is -0.496 e. The predicted octanol–water partition coefficient (Wildman–Crippen LogP) is 2.46. The van der Waals surface area contributed by atoms with E-state index in [1.54, 1.807) is 25.3 Å². The third-order valence-electron chi connectivity index (χ3n) is 2.45. The molecule has 18 heavy (non-hydrogen) atoms. The van der Waals surface area contributed by atoms with Crippen molar-refractivity contribution in [2.24, 2.45) is 0 Å². The maximum atomic E-state index is 9.14. The summed E-state index contributed by atoms with van der Waals surface area (Å²) >= 11 is 5.67. The lowest BCUT2D eigenvalue weighted by molar-refractivity contribution is 0.416. The van der Waals surface area contributed by atoms with E-state index in [9.17, 15) is 0 Å². The molecular formula is C12H10ClN2O2P. The zero-order chi connectivity index (χ0) is 13.1. The van der Waals surface area contributed by atoms with Gasteiger partial charge in [0.1, 0.15) is 5.75 Å². The number of hydrogen-bond donors (Lipinski definition) is 0. The molecule has 0 spiro atoms. The average molecular weight is 281 g/mol. The molecule has 4 nitrogen and oxygen atoms in total. The highest BCUT2D eigenvalue weighted by molar-refractivity contribution is 7.27. The van der Waals surface area contributed by atoms with Gasteiger partial charge in [0.15, 0.2) is 5.76 Å². The van der Waals surface area contributed by atoms with Gasteiger partial charge in [0, 0.05) is 16.9 Å². The Bertz CT molecular complexity index is 619. The molecule has 1 aromatic heterocycles. The van der Waals surface area contributed by atoms with Crippen LogP contribution in [-0.2, 0) is 5.88 Å². The van der Waals surface area contributed by atoms with Gasteiger partial charge in [-0.3, -0.25) is 0 Å². The molecule has 1 unspecified atom stereocenters. The van der Waals surface area contributed by atoms with E-state index in [0.29, 0.717) is 28.3 Å². The summed E-state index contributed by atoms with van der Waals surface area (Å²) in [6, 6.07) is 7.31. The van der Waals surface area contributed by atoms with Crippen LogP contribution < -0.4 is 10.0 Å². The molecule has 0 N–H and O–H groups in total. The zero-order valence-corrected chi connectivity index (χ0v) is 11.5. The molecule has 0 saturated heterocycles. The SMILES string of the molecule is COc1cc(-c2cc(CCl)no2)c(C#N)cc1P. The van der Waals surface area contributed by atoms with Crippen LogP contribution in [0.1, 0.15) is 11.3 Å². The van der Waals surface area contributed by atoms with Crippen molar-refractivity contribution in [3.63, 3.8) is 0 Å². The minimum atomic E-state index is 0.268. The van der Waals surface area contributed by atoms with Gasteiger partial charge in [0.2, 0.25) is 0 Å². The van der Waals surface area contributed by atoms with Crippen LogP contribution in [0.25, 0.3) is 11.3 Å². The highest BCUT2D eigenvalue weighted by atomic mass is 35.5. The first kappa shape index (κ1) is 12.9. The number of nitrogens with zero attached hydrogens (tertiary/aromatic N) is 2. The van der Waals surface area contributed by atoms with Gasteiger partial charge in [-0.1, -0.05) is 5.16 Å². The molecule has 2 rings (SSSR count). The molecule has 0 fully saturated rings. The third-order valence-corrected chi connectivity index (χ3v) is 3.18. The van der Waals surface area contributed by atoms with E-state index in [1.165, 1.54) is 0 Å². The molecule has 0 aliphatic carbocycles. The van der Waals surface area contributed by atoms with Crippen molar-refractivity contribution in [2.45, 2.75) is 5.88 Å². The van der Waals surface area contributed by atoms with Gasteiger partial charge in [0.25, 0.3) is 0 Å². The van der Waals surface area contributed by atoms with Crippen LogP contribution in [0, 0.1) is 11.3 Å². The second kappa shape index (κ2) is 5.39. The van der Waals surface area contributed by atoms with Gasteiger partial charge in [-0.2, -0.15) is 5.26 Å². The maximum Gasteiger partial charge on any atom is 0.168 e. The molecule has 0 aliphatic heterocycles. The summed E-state index contributed by atoms with van der Waals surface area (Å²) < 4.78 is 10.4. The Labute approximate surface area is 112 Å². The third kappa shape index (κ3) is 2.33. The second-order valence-corrected chi connectivity index (χ2v) is 4.46. The second-order valence-electron chi connectivity index (χ2n) is 3.57. The summed E-state index contributed by atoms with van der Waals surface area (Å²) in [7, 11) is 4.10. The van der Waals surface area contributed by atoms with Crippen molar-refractivity contribution in [3.05, 3.63) is 29.5 Å². The zero-order valence-electron chi connectivity index (χ0n) is 9.61. The van der Waals surface area contributed by atoms with E-state index in [-0.39, 0.29) is 5.88 Å². The number of halogens is 1. The van der Waals surface area contributed by atoms with Crippen molar-refractivity contribution in [1.29, 1.82) is 5.26 Å². The highest BCUT2D eigenvalue weighted by Crippen LogP contribution is 2.28. The summed E-state index contributed by atoms with van der Waals surface area (Å²) in [5.74, 6) is 1.44. The van der Waals surface area contributed by atoms with Crippen molar-refractivity contribution in [1.82, 2.24) is 5.16 Å². The summed E-state index contributed by atoms with van der Waals surface area (Å²) in [6.07, 6.45) is 0. The van der Waals surface area contributed by atoms with Crippen molar-refractivity contribution < 1.29 is 9.26 Å². The predicted molar refractivity (Wildman–Crippen MR) is 72.1 cm³/mol. The average Bonchev–Trinajstić information content (AvgIpc) is 2.87. The van der Waals surface area contributed by atoms with Crippen molar-refractivity contribution in [3.8, 4) is 23.1 Å². The number of ether oxygens (including phenoxy) is 1. The van der Waals surface area contributed by atoms with E-state index < -0.39 is 0 Å². The summed E-state index contributed by atoms with van der Waals surface area (Å²) in [4.78, 5) is 0. The Morgan fingerprint density at radius 3 is 2.83 bits per heavy atom. The van der Waals surface area contributed by atoms with E-state index in [0.717, 1.165) is 5.30 Å². The lowest BCUT2D eigenvalue weighted by atomic mass is 10.1. The Hall–Kier alpha value is -1.56. The first-order chi connectivity index (χ1) is 8.69. The standard InChI is InChI=1S/C12H10ClN2O2P/c1-16-11-4-9(7(6-14)2-12(11)18)10-3-8(5-13)15-17-10/h2-4H,5,18H2,1H3. The number of hydrogen-bond acceptors (Lipinski definition) is 4. The monoisotopic (exact) mass is 280 g/mol. The van der Waals surface area contributed by atoms with Crippen LogP contribution in [0.3, 0.4) is 0 Å². The van der Waals surface area contributed by atoms with Crippen LogP contribution in [0.5, 0.6) is 5.75 Å². The number of aromatic nitrogens is 1. The number of nitriles is 1. The fourth-order valence-electron chi connectivity index (χ4n) is 1.57. The Morgan fingerprint density at radius 2 is 2.28 bits per heavy atom. The molecule has 1 heterocycles. The molecule has 1 aromatic carbocycles. The van der Waals surface area contributed by atoms with Gasteiger partial charge in [-0.25, -0.2) is 0 Å². The molecule has 0 saturated carbocycles. The smallest absolute Gasteiger partial charge is 0.168 e. The number of benzene rings is 1. The molecule has 2 aromatic rings. The lowest BCUT2D eigenvalue weighted by Gasteiger charge is -2.07. The highest BCUT2D eigenvalue weighted by Gasteiger charge is 2.14. The van der Waals surface area contributed by atoms with E-state index in [2.05, 4.69) is 20.5 Å². The Morgan fingerprint density at radius 1 is 1.50 bits per heavy atom. The first-order valence-electron chi connectivity index (χ1n) is 5.09. The molecule has 0 bridgehead atoms. The van der Waals surface area contributed by atoms with E-state index in [1.807, 2.05) is 0 Å². The van der Waals surface area contributed by atoms with Gasteiger partial charge in [-0.05, 0) is 12.1 Å². The topological polar surface area (TPSA) is 59.1 Å². The summed E-state index contributed by atoms with van der Waals surface area (Å²) in [5, 5.41) is 13.8. The van der Waals surface area contributed by atoms with Crippen LogP contribution in [-0.4, -0.2) is 12.3 Å². The van der Waals surface area contributed by atoms with E-state index in [4.69, 9.17) is 26.1 Å². The lowest BCUT2D eigenvalue weighted by Crippen LogP contribution is -2.00. The van der Waals surface area contributed by atoms with Gasteiger partial charge in [0.05, 0.1) is 30.3 Å². The van der Waals surface area contributed by atoms with Crippen LogP contribution >= 0.6 is 20.8 Å². The van der Waals surface area contributed by atoms with Crippen LogP contribution in [0.15, 0.2) is 22.7 Å². The molecule has 0 aliphatic rings. The normalized spacial score (nSPS) is 10.1.